The minimum absolute atomic E-state index is 0.0618. The highest BCUT2D eigenvalue weighted by molar-refractivity contribution is 5.97. The van der Waals surface area contributed by atoms with Gasteiger partial charge < -0.3 is 21.1 Å². The summed E-state index contributed by atoms with van der Waals surface area (Å²) in [5.74, 6) is -0.133. The van der Waals surface area contributed by atoms with E-state index in [0.717, 1.165) is 12.8 Å². The number of nitrogens with two attached hydrogens (primary N) is 1. The number of hydrogen-bond donors (Lipinski definition) is 3. The first-order valence-corrected chi connectivity index (χ1v) is 8.13. The molecule has 3 rings (SSSR count). The number of carbonyl (C=O) groups is 2. The van der Waals surface area contributed by atoms with Gasteiger partial charge in [-0.1, -0.05) is 0 Å². The van der Waals surface area contributed by atoms with Crippen molar-refractivity contribution in [3.8, 4) is 0 Å². The van der Waals surface area contributed by atoms with Gasteiger partial charge in [-0.25, -0.2) is 0 Å². The van der Waals surface area contributed by atoms with Gasteiger partial charge in [0.2, 0.25) is 5.91 Å². The van der Waals surface area contributed by atoms with E-state index in [1.807, 2.05) is 0 Å². The van der Waals surface area contributed by atoms with Gasteiger partial charge in [0.05, 0.1) is 5.41 Å². The molecule has 2 amide bonds. The molecule has 0 atom stereocenters. The Hall–Kier alpha value is -1.92. The van der Waals surface area contributed by atoms with Crippen molar-refractivity contribution in [3.05, 3.63) is 29.8 Å². The van der Waals surface area contributed by atoms with E-state index in [9.17, 15) is 9.59 Å². The molecule has 124 valence electrons. The lowest BCUT2D eigenvalue weighted by Crippen LogP contribution is -2.46. The summed E-state index contributed by atoms with van der Waals surface area (Å²) in [6.45, 7) is 1.43. The second-order valence-electron chi connectivity index (χ2n) is 6.38. The number of amides is 2. The summed E-state index contributed by atoms with van der Waals surface area (Å²) in [4.78, 5) is 24.5. The molecular weight excluding hydrogens is 294 g/mol. The van der Waals surface area contributed by atoms with Crippen molar-refractivity contribution in [2.45, 2.75) is 31.7 Å². The molecule has 1 saturated heterocycles. The molecule has 0 bridgehead atoms. The van der Waals surface area contributed by atoms with Gasteiger partial charge in [0.15, 0.2) is 0 Å². The summed E-state index contributed by atoms with van der Waals surface area (Å²) in [7, 11) is 0. The Balaban J connectivity index is 1.62. The number of nitrogens with one attached hydrogen (secondary N) is 2. The van der Waals surface area contributed by atoms with E-state index in [-0.39, 0.29) is 11.8 Å². The van der Waals surface area contributed by atoms with Crippen molar-refractivity contribution in [1.82, 2.24) is 5.32 Å². The van der Waals surface area contributed by atoms with Crippen LogP contribution in [-0.4, -0.2) is 37.6 Å². The highest BCUT2D eigenvalue weighted by Gasteiger charge is 2.38. The highest BCUT2D eigenvalue weighted by Crippen LogP contribution is 2.31. The van der Waals surface area contributed by atoms with Gasteiger partial charge in [-0.05, 0) is 49.9 Å². The van der Waals surface area contributed by atoms with Gasteiger partial charge in [-0.3, -0.25) is 9.59 Å². The van der Waals surface area contributed by atoms with Crippen LogP contribution < -0.4 is 16.4 Å². The van der Waals surface area contributed by atoms with Crippen LogP contribution >= 0.6 is 0 Å². The van der Waals surface area contributed by atoms with Gasteiger partial charge in [0.1, 0.15) is 0 Å². The van der Waals surface area contributed by atoms with E-state index in [2.05, 4.69) is 10.6 Å². The normalized spacial score (nSPS) is 19.9. The van der Waals surface area contributed by atoms with Crippen LogP contribution in [0.4, 0.5) is 5.69 Å². The first kappa shape index (κ1) is 16.0. The molecule has 6 heteroatoms. The monoisotopic (exact) mass is 317 g/mol. The van der Waals surface area contributed by atoms with Gasteiger partial charge in [0.25, 0.3) is 5.91 Å². The standard InChI is InChI=1S/C17H23N3O3/c18-11-17(7-9-23-10-8-17)16(22)20-14-3-1-12(2-4-14)15(21)19-13-5-6-13/h1-4,13H,5-11,18H2,(H,19,21)(H,20,22). The lowest BCUT2D eigenvalue weighted by molar-refractivity contribution is -0.130. The number of anilines is 1. The Morgan fingerprint density at radius 3 is 2.39 bits per heavy atom. The smallest absolute Gasteiger partial charge is 0.251 e. The molecule has 6 nitrogen and oxygen atoms in total. The van der Waals surface area contributed by atoms with Crippen molar-refractivity contribution in [2.24, 2.45) is 11.1 Å². The number of hydrogen-bond acceptors (Lipinski definition) is 4. The van der Waals surface area contributed by atoms with Crippen LogP contribution in [0.25, 0.3) is 0 Å². The molecule has 0 spiro atoms. The quantitative estimate of drug-likeness (QED) is 0.762. The summed E-state index contributed by atoms with van der Waals surface area (Å²) in [5.41, 5.74) is 6.57. The number of ether oxygens (including phenoxy) is 1. The lowest BCUT2D eigenvalue weighted by atomic mass is 9.79. The van der Waals surface area contributed by atoms with E-state index in [4.69, 9.17) is 10.5 Å². The molecule has 1 heterocycles. The Morgan fingerprint density at radius 2 is 1.83 bits per heavy atom. The first-order valence-electron chi connectivity index (χ1n) is 8.13. The molecule has 0 aromatic heterocycles. The van der Waals surface area contributed by atoms with Crippen LogP contribution in [0.5, 0.6) is 0 Å². The minimum Gasteiger partial charge on any atom is -0.381 e. The van der Waals surface area contributed by atoms with Crippen LogP contribution in [0, 0.1) is 5.41 Å². The molecule has 4 N–H and O–H groups in total. The zero-order valence-corrected chi connectivity index (χ0v) is 13.1. The van der Waals surface area contributed by atoms with E-state index < -0.39 is 5.41 Å². The first-order chi connectivity index (χ1) is 11.1. The highest BCUT2D eigenvalue weighted by atomic mass is 16.5. The predicted octanol–water partition coefficient (Wildman–Crippen LogP) is 1.27. The van der Waals surface area contributed by atoms with Crippen LogP contribution in [0.2, 0.25) is 0 Å². The Morgan fingerprint density at radius 1 is 1.17 bits per heavy atom. The molecule has 2 fully saturated rings. The second kappa shape index (κ2) is 6.68. The third kappa shape index (κ3) is 3.71. The lowest BCUT2D eigenvalue weighted by Gasteiger charge is -2.34. The molecule has 1 aromatic rings. The minimum atomic E-state index is -0.555. The third-order valence-corrected chi connectivity index (χ3v) is 4.64. The second-order valence-corrected chi connectivity index (χ2v) is 6.38. The van der Waals surface area contributed by atoms with Crippen LogP contribution in [0.15, 0.2) is 24.3 Å². The fraction of sp³-hybridized carbons (Fsp3) is 0.529. The number of rotatable bonds is 5. The SMILES string of the molecule is NCC1(C(=O)Nc2ccc(C(=O)NC3CC3)cc2)CCOCC1. The summed E-state index contributed by atoms with van der Waals surface area (Å²) in [6, 6.07) is 7.30. The fourth-order valence-electron chi connectivity index (χ4n) is 2.75. The maximum atomic E-state index is 12.6. The van der Waals surface area contributed by atoms with Crippen molar-refractivity contribution in [2.75, 3.05) is 25.1 Å². The van der Waals surface area contributed by atoms with Crippen LogP contribution in [0.3, 0.4) is 0 Å². The van der Waals surface area contributed by atoms with Gasteiger partial charge in [-0.15, -0.1) is 0 Å². The summed E-state index contributed by atoms with van der Waals surface area (Å²) in [6.07, 6.45) is 3.39. The average Bonchev–Trinajstić information content (AvgIpc) is 3.40. The zero-order valence-electron chi connectivity index (χ0n) is 13.1. The molecule has 0 unspecified atom stereocenters. The summed E-state index contributed by atoms with van der Waals surface area (Å²) < 4.78 is 5.33. The van der Waals surface area contributed by atoms with E-state index in [1.165, 1.54) is 0 Å². The van der Waals surface area contributed by atoms with Gasteiger partial charge >= 0.3 is 0 Å². The molecule has 1 aromatic carbocycles. The maximum Gasteiger partial charge on any atom is 0.251 e. The van der Waals surface area contributed by atoms with E-state index in [1.54, 1.807) is 24.3 Å². The van der Waals surface area contributed by atoms with Crippen molar-refractivity contribution < 1.29 is 14.3 Å². The molecule has 23 heavy (non-hydrogen) atoms. The molecule has 1 aliphatic heterocycles. The fourth-order valence-corrected chi connectivity index (χ4v) is 2.75. The van der Waals surface area contributed by atoms with Gasteiger partial charge in [0, 0.05) is 37.1 Å². The number of carbonyl (C=O) groups excluding carboxylic acids is 2. The average molecular weight is 317 g/mol. The van der Waals surface area contributed by atoms with E-state index >= 15 is 0 Å². The molecule has 2 aliphatic rings. The maximum absolute atomic E-state index is 12.6. The summed E-state index contributed by atoms with van der Waals surface area (Å²) >= 11 is 0. The zero-order chi connectivity index (χ0) is 16.3. The summed E-state index contributed by atoms with van der Waals surface area (Å²) in [5, 5.41) is 5.86. The van der Waals surface area contributed by atoms with Gasteiger partial charge in [-0.2, -0.15) is 0 Å². The topological polar surface area (TPSA) is 93.5 Å². The Kier molecular flexibility index (Phi) is 4.63. The predicted molar refractivity (Wildman–Crippen MR) is 87.1 cm³/mol. The van der Waals surface area contributed by atoms with E-state index in [0.29, 0.717) is 49.9 Å². The molecule has 1 aliphatic carbocycles. The van der Waals surface area contributed by atoms with Crippen molar-refractivity contribution >= 4 is 17.5 Å². The number of benzene rings is 1. The molecule has 0 radical (unpaired) electrons. The van der Waals surface area contributed by atoms with Crippen molar-refractivity contribution in [3.63, 3.8) is 0 Å². The van der Waals surface area contributed by atoms with Crippen LogP contribution in [0.1, 0.15) is 36.0 Å². The molecule has 1 saturated carbocycles. The van der Waals surface area contributed by atoms with Crippen molar-refractivity contribution in [1.29, 1.82) is 0 Å². The molecular formula is C17H23N3O3. The Bertz CT molecular complexity index is 575. The third-order valence-electron chi connectivity index (χ3n) is 4.64. The van der Waals surface area contributed by atoms with Crippen LogP contribution in [-0.2, 0) is 9.53 Å². The Labute approximate surface area is 135 Å². The largest absolute Gasteiger partial charge is 0.381 e.